The molecule has 2 heterocycles. The van der Waals surface area contributed by atoms with E-state index in [9.17, 15) is 4.39 Å². The van der Waals surface area contributed by atoms with Crippen molar-refractivity contribution in [2.75, 3.05) is 47.8 Å². The maximum atomic E-state index is 13.0. The van der Waals surface area contributed by atoms with Crippen molar-refractivity contribution in [1.29, 1.82) is 0 Å². The van der Waals surface area contributed by atoms with Crippen molar-refractivity contribution in [3.63, 3.8) is 0 Å². The lowest BCUT2D eigenvalue weighted by Gasteiger charge is -2.36. The Labute approximate surface area is 135 Å². The highest BCUT2D eigenvalue weighted by Gasteiger charge is 2.19. The van der Waals surface area contributed by atoms with Gasteiger partial charge in [-0.2, -0.15) is 4.98 Å². The maximum Gasteiger partial charge on any atom is 0.227 e. The monoisotopic (exact) mass is 313 g/mol. The highest BCUT2D eigenvalue weighted by Crippen LogP contribution is 2.19. The van der Waals surface area contributed by atoms with E-state index in [4.69, 9.17) is 0 Å². The van der Waals surface area contributed by atoms with Gasteiger partial charge < -0.3 is 15.1 Å². The number of halogens is 1. The Kier molecular flexibility index (Phi) is 4.71. The van der Waals surface area contributed by atoms with Crippen LogP contribution in [0.4, 0.5) is 21.8 Å². The number of anilines is 3. The van der Waals surface area contributed by atoms with Gasteiger partial charge in [-0.25, -0.2) is 9.37 Å². The van der Waals surface area contributed by atoms with Gasteiger partial charge in [0, 0.05) is 44.6 Å². The first-order chi connectivity index (χ1) is 11.3. The highest BCUT2D eigenvalue weighted by atomic mass is 19.1. The average molecular weight is 313 g/mol. The normalized spacial score (nSPS) is 14.7. The van der Waals surface area contributed by atoms with Crippen LogP contribution in [-0.2, 0) is 0 Å². The van der Waals surface area contributed by atoms with Gasteiger partial charge in [-0.15, -0.1) is 6.58 Å². The van der Waals surface area contributed by atoms with Gasteiger partial charge in [0.1, 0.15) is 11.6 Å². The average Bonchev–Trinajstić information content (AvgIpc) is 2.61. The molecule has 0 atom stereocenters. The first kappa shape index (κ1) is 15.3. The van der Waals surface area contributed by atoms with E-state index < -0.39 is 0 Å². The number of nitrogens with zero attached hydrogens (tertiary/aromatic N) is 4. The fraction of sp³-hybridized carbons (Fsp3) is 0.294. The molecule has 0 radical (unpaired) electrons. The van der Waals surface area contributed by atoms with Gasteiger partial charge in [0.05, 0.1) is 0 Å². The summed E-state index contributed by atoms with van der Waals surface area (Å²) in [5.41, 5.74) is 1.05. The van der Waals surface area contributed by atoms with Crippen LogP contribution in [0, 0.1) is 5.82 Å². The summed E-state index contributed by atoms with van der Waals surface area (Å²) >= 11 is 0. The Morgan fingerprint density at radius 2 is 1.78 bits per heavy atom. The Balaban J connectivity index is 1.62. The molecule has 1 N–H and O–H groups in total. The van der Waals surface area contributed by atoms with E-state index in [-0.39, 0.29) is 5.82 Å². The fourth-order valence-corrected chi connectivity index (χ4v) is 2.59. The van der Waals surface area contributed by atoms with Gasteiger partial charge in [0.25, 0.3) is 0 Å². The summed E-state index contributed by atoms with van der Waals surface area (Å²) in [6.07, 6.45) is 3.56. The molecule has 5 nitrogen and oxygen atoms in total. The summed E-state index contributed by atoms with van der Waals surface area (Å²) in [6, 6.07) is 8.49. The van der Waals surface area contributed by atoms with Crippen molar-refractivity contribution < 1.29 is 4.39 Å². The third-order valence-electron chi connectivity index (χ3n) is 3.82. The molecule has 1 saturated heterocycles. The zero-order chi connectivity index (χ0) is 16.1. The molecule has 0 unspecified atom stereocenters. The topological polar surface area (TPSA) is 44.3 Å². The van der Waals surface area contributed by atoms with Crippen LogP contribution < -0.4 is 15.1 Å². The molecule has 6 heteroatoms. The third-order valence-corrected chi connectivity index (χ3v) is 3.82. The molecule has 2 aromatic rings. The Hall–Kier alpha value is -2.63. The number of aromatic nitrogens is 2. The summed E-state index contributed by atoms with van der Waals surface area (Å²) < 4.78 is 13.0. The van der Waals surface area contributed by atoms with Gasteiger partial charge >= 0.3 is 0 Å². The van der Waals surface area contributed by atoms with E-state index in [1.165, 1.54) is 12.1 Å². The van der Waals surface area contributed by atoms with Crippen molar-refractivity contribution in [2.24, 2.45) is 0 Å². The molecule has 120 valence electrons. The molecular formula is C17H20FN5. The van der Waals surface area contributed by atoms with Crippen LogP contribution in [0.1, 0.15) is 0 Å². The molecule has 1 aromatic heterocycles. The van der Waals surface area contributed by atoms with Gasteiger partial charge in [-0.1, -0.05) is 6.08 Å². The van der Waals surface area contributed by atoms with Gasteiger partial charge in [0.15, 0.2) is 0 Å². The number of benzene rings is 1. The van der Waals surface area contributed by atoms with Crippen LogP contribution in [0.3, 0.4) is 0 Å². The molecule has 23 heavy (non-hydrogen) atoms. The van der Waals surface area contributed by atoms with E-state index in [2.05, 4.69) is 31.7 Å². The largest absolute Gasteiger partial charge is 0.368 e. The minimum Gasteiger partial charge on any atom is -0.368 e. The van der Waals surface area contributed by atoms with Gasteiger partial charge in [-0.3, -0.25) is 0 Å². The van der Waals surface area contributed by atoms with Crippen molar-refractivity contribution in [3.05, 3.63) is 55.0 Å². The number of nitrogens with one attached hydrogen (secondary N) is 1. The lowest BCUT2D eigenvalue weighted by molar-refractivity contribution is 0.623. The Morgan fingerprint density at radius 3 is 2.48 bits per heavy atom. The van der Waals surface area contributed by atoms with E-state index in [1.807, 2.05) is 18.2 Å². The van der Waals surface area contributed by atoms with Crippen molar-refractivity contribution in [2.45, 2.75) is 0 Å². The molecule has 0 spiro atoms. The van der Waals surface area contributed by atoms with Crippen molar-refractivity contribution in [3.8, 4) is 0 Å². The molecule has 1 aliphatic rings. The summed E-state index contributed by atoms with van der Waals surface area (Å²) in [5, 5.41) is 3.17. The first-order valence-electron chi connectivity index (χ1n) is 7.69. The van der Waals surface area contributed by atoms with Crippen LogP contribution >= 0.6 is 0 Å². The van der Waals surface area contributed by atoms with Crippen LogP contribution in [0.5, 0.6) is 0 Å². The van der Waals surface area contributed by atoms with Gasteiger partial charge in [-0.05, 0) is 30.3 Å². The second kappa shape index (κ2) is 7.09. The van der Waals surface area contributed by atoms with E-state index in [0.717, 1.165) is 43.6 Å². The number of piperazine rings is 1. The van der Waals surface area contributed by atoms with E-state index in [1.54, 1.807) is 12.3 Å². The highest BCUT2D eigenvalue weighted by molar-refractivity contribution is 5.49. The quantitative estimate of drug-likeness (QED) is 0.860. The molecule has 3 rings (SSSR count). The minimum absolute atomic E-state index is 0.204. The second-order valence-electron chi connectivity index (χ2n) is 5.36. The smallest absolute Gasteiger partial charge is 0.227 e. The summed E-state index contributed by atoms with van der Waals surface area (Å²) in [5.74, 6) is 1.33. The summed E-state index contributed by atoms with van der Waals surface area (Å²) in [6.45, 7) is 7.75. The standard InChI is InChI=1S/C17H20FN5/c1-2-8-19-16-7-9-20-17(21-16)23-12-10-22(11-13-23)15-5-3-14(18)4-6-15/h2-7,9H,1,8,10-13H2,(H,19,20,21). The number of hydrogen-bond acceptors (Lipinski definition) is 5. The first-order valence-corrected chi connectivity index (χ1v) is 7.69. The van der Waals surface area contributed by atoms with Crippen molar-refractivity contribution >= 4 is 17.5 Å². The third kappa shape index (κ3) is 3.77. The summed E-state index contributed by atoms with van der Waals surface area (Å²) in [7, 11) is 0. The fourth-order valence-electron chi connectivity index (χ4n) is 2.59. The zero-order valence-electron chi connectivity index (χ0n) is 13.0. The predicted octanol–water partition coefficient (Wildman–Crippen LogP) is 2.54. The minimum atomic E-state index is -0.204. The Bertz CT molecular complexity index is 650. The molecule has 1 aliphatic heterocycles. The molecule has 1 fully saturated rings. The summed E-state index contributed by atoms with van der Waals surface area (Å²) in [4.78, 5) is 13.3. The Morgan fingerprint density at radius 1 is 1.09 bits per heavy atom. The lowest BCUT2D eigenvalue weighted by atomic mass is 10.2. The molecule has 0 amide bonds. The van der Waals surface area contributed by atoms with Gasteiger partial charge in [0.2, 0.25) is 5.95 Å². The zero-order valence-corrected chi connectivity index (χ0v) is 13.0. The second-order valence-corrected chi connectivity index (χ2v) is 5.36. The van der Waals surface area contributed by atoms with E-state index in [0.29, 0.717) is 6.54 Å². The van der Waals surface area contributed by atoms with Crippen LogP contribution in [0.2, 0.25) is 0 Å². The number of hydrogen-bond donors (Lipinski definition) is 1. The molecule has 0 saturated carbocycles. The number of rotatable bonds is 5. The van der Waals surface area contributed by atoms with Crippen molar-refractivity contribution in [1.82, 2.24) is 9.97 Å². The van der Waals surface area contributed by atoms with Crippen LogP contribution in [-0.4, -0.2) is 42.7 Å². The predicted molar refractivity (Wildman–Crippen MR) is 91.5 cm³/mol. The van der Waals surface area contributed by atoms with E-state index >= 15 is 0 Å². The molecular weight excluding hydrogens is 293 g/mol. The molecule has 1 aromatic carbocycles. The van der Waals surface area contributed by atoms with Crippen LogP contribution in [0.15, 0.2) is 49.2 Å². The maximum absolute atomic E-state index is 13.0. The SMILES string of the molecule is C=CCNc1ccnc(N2CCN(c3ccc(F)cc3)CC2)n1. The van der Waals surface area contributed by atoms with Crippen LogP contribution in [0.25, 0.3) is 0 Å². The molecule has 0 bridgehead atoms. The lowest BCUT2D eigenvalue weighted by Crippen LogP contribution is -2.47. The molecule has 0 aliphatic carbocycles.